The molecule has 130 valence electrons. The molecule has 3 heterocycles. The van der Waals surface area contributed by atoms with Crippen LogP contribution in [0.25, 0.3) is 0 Å². The highest BCUT2D eigenvalue weighted by Gasteiger charge is 2.21. The number of aryl methyl sites for hydroxylation is 2. The van der Waals surface area contributed by atoms with E-state index in [9.17, 15) is 0 Å². The average molecular weight is 365 g/mol. The number of hydrogen-bond donors (Lipinski definition) is 0. The second-order valence-corrected chi connectivity index (χ2v) is 8.07. The Hall–Kier alpha value is -1.18. The number of aromatic nitrogens is 3. The van der Waals surface area contributed by atoms with Crippen molar-refractivity contribution in [2.75, 3.05) is 26.0 Å². The lowest BCUT2D eigenvalue weighted by Crippen LogP contribution is -2.35. The average Bonchev–Trinajstić information content (AvgIpc) is 3.00. The number of thioether (sulfide) groups is 1. The first-order chi connectivity index (χ1) is 11.6. The standard InChI is InChI=1S/C17H24N4OS2/c1-12-8-18-17(23-3)20-16(12)22-10-14-4-6-21(7-5-14)9-15-11-24-13(2)19-15/h8,11,14H,4-7,9-10H2,1-3H3. The van der Waals surface area contributed by atoms with Gasteiger partial charge in [0.2, 0.25) is 5.88 Å². The van der Waals surface area contributed by atoms with E-state index in [-0.39, 0.29) is 0 Å². The molecule has 0 bridgehead atoms. The first-order valence-corrected chi connectivity index (χ1v) is 10.4. The molecule has 3 rings (SSSR count). The van der Waals surface area contributed by atoms with Crippen LogP contribution in [0.5, 0.6) is 5.88 Å². The maximum absolute atomic E-state index is 5.98. The topological polar surface area (TPSA) is 51.1 Å². The molecule has 2 aromatic heterocycles. The van der Waals surface area contributed by atoms with E-state index in [1.54, 1.807) is 23.1 Å². The normalized spacial score (nSPS) is 16.5. The molecule has 0 atom stereocenters. The summed E-state index contributed by atoms with van der Waals surface area (Å²) in [7, 11) is 0. The second kappa shape index (κ2) is 8.27. The van der Waals surface area contributed by atoms with Crippen LogP contribution in [0.1, 0.15) is 29.1 Å². The van der Waals surface area contributed by atoms with Gasteiger partial charge < -0.3 is 4.74 Å². The lowest BCUT2D eigenvalue weighted by molar-refractivity contribution is 0.133. The minimum Gasteiger partial charge on any atom is -0.477 e. The molecule has 0 aliphatic carbocycles. The van der Waals surface area contributed by atoms with Gasteiger partial charge in [-0.05, 0) is 52.0 Å². The smallest absolute Gasteiger partial charge is 0.220 e. The molecule has 0 N–H and O–H groups in total. The predicted octanol–water partition coefficient (Wildman–Crippen LogP) is 3.56. The van der Waals surface area contributed by atoms with Crippen LogP contribution >= 0.6 is 23.1 Å². The predicted molar refractivity (Wildman–Crippen MR) is 98.9 cm³/mol. The fourth-order valence-corrected chi connectivity index (χ4v) is 3.81. The highest BCUT2D eigenvalue weighted by molar-refractivity contribution is 7.98. The Kier molecular flexibility index (Phi) is 6.08. The van der Waals surface area contributed by atoms with Crippen LogP contribution in [0.15, 0.2) is 16.7 Å². The molecule has 1 fully saturated rings. The van der Waals surface area contributed by atoms with Gasteiger partial charge in [-0.2, -0.15) is 4.98 Å². The minimum atomic E-state index is 0.602. The van der Waals surface area contributed by atoms with Crippen LogP contribution in [0.4, 0.5) is 0 Å². The maximum Gasteiger partial charge on any atom is 0.220 e. The highest BCUT2D eigenvalue weighted by atomic mass is 32.2. The monoisotopic (exact) mass is 364 g/mol. The summed E-state index contributed by atoms with van der Waals surface area (Å²) in [5.74, 6) is 1.33. The third-order valence-corrected chi connectivity index (χ3v) is 5.68. The van der Waals surface area contributed by atoms with Crippen LogP contribution in [0.2, 0.25) is 0 Å². The van der Waals surface area contributed by atoms with Crippen LogP contribution < -0.4 is 4.74 Å². The quantitative estimate of drug-likeness (QED) is 0.577. The minimum absolute atomic E-state index is 0.602. The van der Waals surface area contributed by atoms with Crippen molar-refractivity contribution in [3.63, 3.8) is 0 Å². The largest absolute Gasteiger partial charge is 0.477 e. The molecule has 0 spiro atoms. The summed E-state index contributed by atoms with van der Waals surface area (Å²) >= 11 is 3.27. The summed E-state index contributed by atoms with van der Waals surface area (Å²) in [6, 6.07) is 0. The molecule has 0 amide bonds. The molecule has 24 heavy (non-hydrogen) atoms. The van der Waals surface area contributed by atoms with Gasteiger partial charge in [-0.3, -0.25) is 4.90 Å². The molecule has 0 saturated carbocycles. The molecule has 1 aliphatic rings. The van der Waals surface area contributed by atoms with Gasteiger partial charge in [-0.25, -0.2) is 9.97 Å². The first kappa shape index (κ1) is 17.6. The van der Waals surface area contributed by atoms with Crippen molar-refractivity contribution in [2.45, 2.75) is 38.4 Å². The second-order valence-electron chi connectivity index (χ2n) is 6.23. The molecule has 1 aliphatic heterocycles. The number of piperidine rings is 1. The van der Waals surface area contributed by atoms with E-state index in [1.807, 2.05) is 19.4 Å². The van der Waals surface area contributed by atoms with Gasteiger partial charge in [0.05, 0.1) is 17.3 Å². The molecule has 5 nitrogen and oxygen atoms in total. The Bertz CT molecular complexity index is 668. The van der Waals surface area contributed by atoms with E-state index in [0.29, 0.717) is 5.92 Å². The lowest BCUT2D eigenvalue weighted by Gasteiger charge is -2.31. The van der Waals surface area contributed by atoms with Crippen molar-refractivity contribution in [3.8, 4) is 5.88 Å². The number of rotatable bonds is 6. The molecule has 2 aromatic rings. The van der Waals surface area contributed by atoms with Gasteiger partial charge in [0.25, 0.3) is 0 Å². The van der Waals surface area contributed by atoms with Crippen LogP contribution in [-0.2, 0) is 6.54 Å². The summed E-state index contributed by atoms with van der Waals surface area (Å²) in [4.78, 5) is 15.8. The van der Waals surface area contributed by atoms with E-state index >= 15 is 0 Å². The van der Waals surface area contributed by atoms with Crippen molar-refractivity contribution in [3.05, 3.63) is 27.8 Å². The fourth-order valence-electron chi connectivity index (χ4n) is 2.87. The third-order valence-electron chi connectivity index (χ3n) is 4.30. The summed E-state index contributed by atoms with van der Waals surface area (Å²) in [6.45, 7) is 8.01. The van der Waals surface area contributed by atoms with Gasteiger partial charge >= 0.3 is 0 Å². The van der Waals surface area contributed by atoms with Crippen molar-refractivity contribution in [2.24, 2.45) is 5.92 Å². The van der Waals surface area contributed by atoms with Gasteiger partial charge in [0.15, 0.2) is 5.16 Å². The first-order valence-electron chi connectivity index (χ1n) is 8.28. The van der Waals surface area contributed by atoms with Crippen molar-refractivity contribution >= 4 is 23.1 Å². The Balaban J connectivity index is 1.45. The number of thiazole rings is 1. The van der Waals surface area contributed by atoms with Crippen molar-refractivity contribution in [1.82, 2.24) is 19.9 Å². The molecule has 0 radical (unpaired) electrons. The molecular weight excluding hydrogens is 340 g/mol. The molecule has 0 aromatic carbocycles. The number of hydrogen-bond acceptors (Lipinski definition) is 7. The van der Waals surface area contributed by atoms with Gasteiger partial charge in [-0.15, -0.1) is 11.3 Å². The van der Waals surface area contributed by atoms with Gasteiger partial charge in [0, 0.05) is 23.7 Å². The number of nitrogens with zero attached hydrogens (tertiary/aromatic N) is 4. The summed E-state index contributed by atoms with van der Waals surface area (Å²) in [5.41, 5.74) is 2.21. The SMILES string of the molecule is CSc1ncc(C)c(OCC2CCN(Cc3csc(C)n3)CC2)n1. The molecule has 1 saturated heterocycles. The van der Waals surface area contributed by atoms with E-state index in [1.165, 1.54) is 18.5 Å². The zero-order chi connectivity index (χ0) is 16.9. The summed E-state index contributed by atoms with van der Waals surface area (Å²) in [5, 5.41) is 4.09. The van der Waals surface area contributed by atoms with Gasteiger partial charge in [0.1, 0.15) is 0 Å². The molecular formula is C17H24N4OS2. The summed E-state index contributed by atoms with van der Waals surface area (Å²) < 4.78 is 5.98. The van der Waals surface area contributed by atoms with E-state index in [4.69, 9.17) is 4.74 Å². The Morgan fingerprint density at radius 1 is 1.29 bits per heavy atom. The fraction of sp³-hybridized carbons (Fsp3) is 0.588. The van der Waals surface area contributed by atoms with E-state index in [2.05, 4.69) is 32.2 Å². The Morgan fingerprint density at radius 2 is 2.08 bits per heavy atom. The number of likely N-dealkylation sites (tertiary alicyclic amines) is 1. The maximum atomic E-state index is 5.98. The zero-order valence-electron chi connectivity index (χ0n) is 14.5. The van der Waals surface area contributed by atoms with Crippen LogP contribution in [0, 0.1) is 19.8 Å². The molecule has 7 heteroatoms. The molecule has 0 unspecified atom stereocenters. The highest BCUT2D eigenvalue weighted by Crippen LogP contribution is 2.23. The van der Waals surface area contributed by atoms with Crippen molar-refractivity contribution in [1.29, 1.82) is 0 Å². The van der Waals surface area contributed by atoms with Crippen molar-refractivity contribution < 1.29 is 4.74 Å². The third kappa shape index (κ3) is 4.68. The summed E-state index contributed by atoms with van der Waals surface area (Å²) in [6.07, 6.45) is 6.16. The van der Waals surface area contributed by atoms with E-state index < -0.39 is 0 Å². The van der Waals surface area contributed by atoms with Crippen LogP contribution in [-0.4, -0.2) is 45.8 Å². The number of ether oxygens (including phenoxy) is 1. The Morgan fingerprint density at radius 3 is 2.75 bits per heavy atom. The zero-order valence-corrected chi connectivity index (χ0v) is 16.1. The van der Waals surface area contributed by atoms with E-state index in [0.717, 1.165) is 47.8 Å². The lowest BCUT2D eigenvalue weighted by atomic mass is 9.98. The van der Waals surface area contributed by atoms with Crippen LogP contribution in [0.3, 0.4) is 0 Å². The van der Waals surface area contributed by atoms with Gasteiger partial charge in [-0.1, -0.05) is 11.8 Å². The Labute approximate surface area is 151 Å².